The summed E-state index contributed by atoms with van der Waals surface area (Å²) in [5, 5.41) is 12.1. The van der Waals surface area contributed by atoms with Gasteiger partial charge in [0.25, 0.3) is 0 Å². The van der Waals surface area contributed by atoms with Gasteiger partial charge in [0.1, 0.15) is 0 Å². The van der Waals surface area contributed by atoms with E-state index < -0.39 is 5.97 Å². The van der Waals surface area contributed by atoms with Gasteiger partial charge in [-0.15, -0.1) is 12.6 Å². The Balaban J connectivity index is 0.000000380. The standard InChI is InChI=1S/C25H37N.C6H5NO2S/c1-4-5-6-7-8-9-10-13-20-26-23-18-16-22(17-19-23)25-15-12-11-14-24(25)21(2)3;8-6(9)4-1-2-7-3-5(4)10/h11-12,14-19,21,26H,4-10,13,20H2,1-3H3;1-3,10H,(H,8,9). The largest absolute Gasteiger partial charge is 0.478 e. The Hall–Kier alpha value is -2.79. The number of aromatic carboxylic acids is 1. The second kappa shape index (κ2) is 16.8. The van der Waals surface area contributed by atoms with E-state index in [-0.39, 0.29) is 5.56 Å². The molecule has 0 fully saturated rings. The first-order chi connectivity index (χ1) is 17.4. The van der Waals surface area contributed by atoms with Gasteiger partial charge in [-0.2, -0.15) is 0 Å². The molecule has 1 aromatic heterocycles. The smallest absolute Gasteiger partial charge is 0.336 e. The minimum absolute atomic E-state index is 0.179. The fraction of sp³-hybridized carbons (Fsp3) is 0.419. The molecular formula is C31H42N2O2S. The number of carbonyl (C=O) groups is 1. The Bertz CT molecular complexity index is 1030. The van der Waals surface area contributed by atoms with E-state index in [1.807, 2.05) is 0 Å². The first-order valence-corrected chi connectivity index (χ1v) is 13.7. The van der Waals surface area contributed by atoms with Crippen LogP contribution in [0.15, 0.2) is 71.9 Å². The number of carboxylic acids is 1. The van der Waals surface area contributed by atoms with Crippen LogP contribution in [0.4, 0.5) is 5.69 Å². The van der Waals surface area contributed by atoms with Gasteiger partial charge in [-0.25, -0.2) is 4.79 Å². The average Bonchev–Trinajstić information content (AvgIpc) is 2.88. The zero-order chi connectivity index (χ0) is 26.2. The van der Waals surface area contributed by atoms with Crippen LogP contribution in [0.25, 0.3) is 11.1 Å². The lowest BCUT2D eigenvalue weighted by Crippen LogP contribution is -2.01. The molecule has 0 unspecified atom stereocenters. The van der Waals surface area contributed by atoms with Crippen molar-refractivity contribution in [1.82, 2.24) is 4.98 Å². The molecule has 0 atom stereocenters. The molecule has 36 heavy (non-hydrogen) atoms. The third-order valence-electron chi connectivity index (χ3n) is 6.17. The zero-order valence-corrected chi connectivity index (χ0v) is 22.9. The number of anilines is 1. The van der Waals surface area contributed by atoms with E-state index in [2.05, 4.69) is 92.2 Å². The lowest BCUT2D eigenvalue weighted by atomic mass is 9.93. The fourth-order valence-electron chi connectivity index (χ4n) is 4.09. The van der Waals surface area contributed by atoms with Gasteiger partial charge in [-0.05, 0) is 47.2 Å². The van der Waals surface area contributed by atoms with Crippen LogP contribution in [0.5, 0.6) is 0 Å². The molecule has 0 saturated heterocycles. The molecule has 0 spiro atoms. The zero-order valence-electron chi connectivity index (χ0n) is 22.0. The van der Waals surface area contributed by atoms with E-state index in [4.69, 9.17) is 5.11 Å². The molecule has 0 amide bonds. The van der Waals surface area contributed by atoms with Gasteiger partial charge in [0.05, 0.1) is 5.56 Å². The maximum absolute atomic E-state index is 10.3. The summed E-state index contributed by atoms with van der Waals surface area (Å²) in [4.78, 5) is 14.4. The maximum atomic E-state index is 10.3. The third-order valence-corrected chi connectivity index (χ3v) is 6.52. The summed E-state index contributed by atoms with van der Waals surface area (Å²) in [5.74, 6) is -0.432. The predicted molar refractivity (Wildman–Crippen MR) is 156 cm³/mol. The van der Waals surface area contributed by atoms with Crippen LogP contribution >= 0.6 is 12.6 Å². The number of benzene rings is 2. The molecular weight excluding hydrogens is 464 g/mol. The minimum Gasteiger partial charge on any atom is -0.478 e. The number of nitrogens with one attached hydrogen (secondary N) is 1. The molecule has 3 rings (SSSR count). The number of thiol groups is 1. The summed E-state index contributed by atoms with van der Waals surface area (Å²) < 4.78 is 0. The van der Waals surface area contributed by atoms with Gasteiger partial charge < -0.3 is 10.4 Å². The Morgan fingerprint density at radius 3 is 2.14 bits per heavy atom. The second-order valence-corrected chi connectivity index (χ2v) is 9.90. The molecule has 0 aliphatic rings. The predicted octanol–water partition coefficient (Wildman–Crippen LogP) is 9.10. The number of pyridine rings is 1. The molecule has 2 N–H and O–H groups in total. The van der Waals surface area contributed by atoms with Gasteiger partial charge in [0.15, 0.2) is 0 Å². The van der Waals surface area contributed by atoms with Crippen molar-refractivity contribution in [2.24, 2.45) is 0 Å². The minimum atomic E-state index is -0.979. The number of hydrogen-bond donors (Lipinski definition) is 3. The number of hydrogen-bond acceptors (Lipinski definition) is 4. The van der Waals surface area contributed by atoms with E-state index in [9.17, 15) is 4.79 Å². The Labute approximate surface area is 223 Å². The Morgan fingerprint density at radius 1 is 0.917 bits per heavy atom. The van der Waals surface area contributed by atoms with Gasteiger partial charge in [0, 0.05) is 29.5 Å². The molecule has 0 bridgehead atoms. The number of unbranched alkanes of at least 4 members (excludes halogenated alkanes) is 7. The molecule has 0 aliphatic heterocycles. The summed E-state index contributed by atoms with van der Waals surface area (Å²) >= 11 is 3.89. The topological polar surface area (TPSA) is 62.2 Å². The highest BCUT2D eigenvalue weighted by Gasteiger charge is 2.07. The first kappa shape index (κ1) is 29.4. The van der Waals surface area contributed by atoms with Crippen LogP contribution in [0, 0.1) is 0 Å². The molecule has 0 aliphatic carbocycles. The monoisotopic (exact) mass is 506 g/mol. The van der Waals surface area contributed by atoms with Crippen LogP contribution in [0.3, 0.4) is 0 Å². The van der Waals surface area contributed by atoms with Crippen molar-refractivity contribution in [3.8, 4) is 11.1 Å². The van der Waals surface area contributed by atoms with E-state index in [0.717, 1.165) is 6.54 Å². The van der Waals surface area contributed by atoms with E-state index in [0.29, 0.717) is 10.8 Å². The molecule has 4 nitrogen and oxygen atoms in total. The lowest BCUT2D eigenvalue weighted by molar-refractivity contribution is 0.0693. The van der Waals surface area contributed by atoms with Crippen molar-refractivity contribution < 1.29 is 9.90 Å². The van der Waals surface area contributed by atoms with Crippen molar-refractivity contribution >= 4 is 24.3 Å². The normalized spacial score (nSPS) is 10.6. The first-order valence-electron chi connectivity index (χ1n) is 13.2. The van der Waals surface area contributed by atoms with Crippen LogP contribution < -0.4 is 5.32 Å². The summed E-state index contributed by atoms with van der Waals surface area (Å²) in [7, 11) is 0. The average molecular weight is 507 g/mol. The van der Waals surface area contributed by atoms with E-state index in [1.54, 1.807) is 0 Å². The molecule has 0 saturated carbocycles. The molecule has 1 heterocycles. The van der Waals surface area contributed by atoms with Crippen molar-refractivity contribution in [3.05, 3.63) is 78.1 Å². The molecule has 3 aromatic rings. The van der Waals surface area contributed by atoms with Crippen LogP contribution in [-0.2, 0) is 0 Å². The molecule has 5 heteroatoms. The van der Waals surface area contributed by atoms with Crippen molar-refractivity contribution in [3.63, 3.8) is 0 Å². The van der Waals surface area contributed by atoms with E-state index in [1.165, 1.54) is 92.2 Å². The Kier molecular flexibility index (Phi) is 13.7. The highest BCUT2D eigenvalue weighted by atomic mass is 32.1. The fourth-order valence-corrected chi connectivity index (χ4v) is 4.33. The summed E-state index contributed by atoms with van der Waals surface area (Å²) in [5.41, 5.74) is 5.51. The van der Waals surface area contributed by atoms with E-state index >= 15 is 0 Å². The lowest BCUT2D eigenvalue weighted by Gasteiger charge is -2.13. The quantitative estimate of drug-likeness (QED) is 0.160. The van der Waals surface area contributed by atoms with Crippen LogP contribution in [0.1, 0.15) is 94.0 Å². The Morgan fingerprint density at radius 2 is 1.56 bits per heavy atom. The van der Waals surface area contributed by atoms with Crippen molar-refractivity contribution in [2.45, 2.75) is 83.0 Å². The number of carboxylic acid groups (broad SMARTS) is 1. The number of nitrogens with zero attached hydrogens (tertiary/aromatic N) is 1. The summed E-state index contributed by atoms with van der Waals surface area (Å²) in [6.45, 7) is 7.88. The van der Waals surface area contributed by atoms with Gasteiger partial charge in [-0.3, -0.25) is 4.98 Å². The second-order valence-electron chi connectivity index (χ2n) is 9.42. The summed E-state index contributed by atoms with van der Waals surface area (Å²) in [6, 6.07) is 19.1. The molecule has 2 aromatic carbocycles. The van der Waals surface area contributed by atoms with Gasteiger partial charge >= 0.3 is 5.97 Å². The van der Waals surface area contributed by atoms with Gasteiger partial charge in [0.2, 0.25) is 0 Å². The maximum Gasteiger partial charge on any atom is 0.336 e. The van der Waals surface area contributed by atoms with Gasteiger partial charge in [-0.1, -0.05) is 102 Å². The number of aromatic nitrogens is 1. The number of rotatable bonds is 13. The molecule has 0 radical (unpaired) electrons. The van der Waals surface area contributed by atoms with Crippen molar-refractivity contribution in [2.75, 3.05) is 11.9 Å². The summed E-state index contributed by atoms with van der Waals surface area (Å²) in [6.07, 6.45) is 13.8. The highest BCUT2D eigenvalue weighted by Crippen LogP contribution is 2.29. The SMILES string of the molecule is CCCCCCCCCCNc1ccc(-c2ccccc2C(C)C)cc1.O=C(O)c1ccncc1S. The third kappa shape index (κ3) is 10.4. The highest BCUT2D eigenvalue weighted by molar-refractivity contribution is 7.80. The van der Waals surface area contributed by atoms with Crippen LogP contribution in [-0.4, -0.2) is 22.6 Å². The molecule has 194 valence electrons. The van der Waals surface area contributed by atoms with Crippen molar-refractivity contribution in [1.29, 1.82) is 0 Å². The van der Waals surface area contributed by atoms with Crippen LogP contribution in [0.2, 0.25) is 0 Å².